The zero-order chi connectivity index (χ0) is 19.5. The number of thiophene rings is 1. The van der Waals surface area contributed by atoms with Gasteiger partial charge in [0.05, 0.1) is 5.56 Å². The summed E-state index contributed by atoms with van der Waals surface area (Å²) in [5.41, 5.74) is 4.20. The molecule has 0 atom stereocenters. The lowest BCUT2D eigenvalue weighted by Crippen LogP contribution is -2.17. The summed E-state index contributed by atoms with van der Waals surface area (Å²) >= 11 is 3.69. The van der Waals surface area contributed by atoms with Crippen LogP contribution >= 0.6 is 23.1 Å². The number of carbonyl (C=O) groups excluding carboxylic acids is 1. The van der Waals surface area contributed by atoms with Crippen LogP contribution in [0, 0.1) is 0 Å². The first-order valence-corrected chi connectivity index (χ1v) is 11.5. The lowest BCUT2D eigenvalue weighted by Gasteiger charge is -2.14. The maximum Gasteiger partial charge on any atom is 0.258 e. The summed E-state index contributed by atoms with van der Waals surface area (Å²) in [6, 6.07) is 12.2. The fraction of sp³-hybridized carbons (Fsp3) is 0.318. The molecule has 4 nitrogen and oxygen atoms in total. The van der Waals surface area contributed by atoms with Gasteiger partial charge >= 0.3 is 0 Å². The Kier molecular flexibility index (Phi) is 5.90. The molecule has 3 heterocycles. The normalized spacial score (nSPS) is 13.5. The van der Waals surface area contributed by atoms with Gasteiger partial charge in [-0.25, -0.2) is 0 Å². The minimum atomic E-state index is -0.00542. The number of nitrogens with zero attached hydrogens (tertiary/aromatic N) is 2. The predicted molar refractivity (Wildman–Crippen MR) is 120 cm³/mol. The first-order chi connectivity index (χ1) is 13.6. The molecule has 1 aliphatic heterocycles. The van der Waals surface area contributed by atoms with Crippen LogP contribution in [0.5, 0.6) is 0 Å². The van der Waals surface area contributed by atoms with Crippen molar-refractivity contribution < 1.29 is 4.79 Å². The van der Waals surface area contributed by atoms with Gasteiger partial charge in [-0.3, -0.25) is 4.79 Å². The summed E-state index contributed by atoms with van der Waals surface area (Å²) in [4.78, 5) is 16.7. The monoisotopic (exact) mass is 411 g/mol. The Bertz CT molecular complexity index is 943. The summed E-state index contributed by atoms with van der Waals surface area (Å²) in [7, 11) is 4.16. The fourth-order valence-corrected chi connectivity index (χ4v) is 5.85. The average molecular weight is 412 g/mol. The number of likely N-dealkylation sites (N-methyl/N-ethyl adjacent to an activating group) is 1. The first kappa shape index (κ1) is 19.3. The second kappa shape index (κ2) is 8.55. The number of fused-ring (bicyclic) bond motifs is 1. The third-order valence-electron chi connectivity index (χ3n) is 4.93. The quantitative estimate of drug-likeness (QED) is 0.640. The van der Waals surface area contributed by atoms with Crippen LogP contribution in [0.1, 0.15) is 26.4 Å². The van der Waals surface area contributed by atoms with Gasteiger partial charge in [0, 0.05) is 35.3 Å². The maximum atomic E-state index is 13.2. The number of nitrogens with one attached hydrogen (secondary N) is 1. The van der Waals surface area contributed by atoms with Crippen LogP contribution in [-0.2, 0) is 18.6 Å². The number of hydrogen-bond acceptors (Lipinski definition) is 4. The molecule has 28 heavy (non-hydrogen) atoms. The summed E-state index contributed by atoms with van der Waals surface area (Å²) in [5, 5.41) is 4.15. The Morgan fingerprint density at radius 2 is 1.93 bits per heavy atom. The van der Waals surface area contributed by atoms with Crippen molar-refractivity contribution in [1.29, 1.82) is 0 Å². The van der Waals surface area contributed by atoms with Crippen LogP contribution in [0.2, 0.25) is 0 Å². The number of anilines is 1. The molecule has 0 spiro atoms. The molecule has 6 heteroatoms. The molecule has 2 aromatic heterocycles. The van der Waals surface area contributed by atoms with E-state index in [0.29, 0.717) is 0 Å². The molecule has 0 unspecified atom stereocenters. The highest BCUT2D eigenvalue weighted by atomic mass is 32.2. The van der Waals surface area contributed by atoms with Crippen molar-refractivity contribution in [3.8, 4) is 5.00 Å². The molecule has 0 bridgehead atoms. The van der Waals surface area contributed by atoms with Crippen molar-refractivity contribution in [1.82, 2.24) is 9.47 Å². The van der Waals surface area contributed by atoms with E-state index >= 15 is 0 Å². The average Bonchev–Trinajstić information content (AvgIpc) is 3.34. The lowest BCUT2D eigenvalue weighted by atomic mass is 10.1. The highest BCUT2D eigenvalue weighted by Gasteiger charge is 2.26. The summed E-state index contributed by atoms with van der Waals surface area (Å²) in [6.45, 7) is 1.02. The van der Waals surface area contributed by atoms with E-state index in [1.165, 1.54) is 16.0 Å². The zero-order valence-corrected chi connectivity index (χ0v) is 17.9. The van der Waals surface area contributed by atoms with E-state index < -0.39 is 0 Å². The minimum absolute atomic E-state index is 0.00542. The number of carbonyl (C=O) groups is 1. The number of rotatable bonds is 6. The minimum Gasteiger partial charge on any atom is -0.322 e. The van der Waals surface area contributed by atoms with E-state index in [4.69, 9.17) is 0 Å². The van der Waals surface area contributed by atoms with Gasteiger partial charge in [-0.1, -0.05) is 12.1 Å². The van der Waals surface area contributed by atoms with Crippen molar-refractivity contribution in [2.45, 2.75) is 18.6 Å². The molecule has 0 saturated heterocycles. The molecule has 1 amide bonds. The van der Waals surface area contributed by atoms with Gasteiger partial charge in [-0.2, -0.15) is 11.8 Å². The summed E-state index contributed by atoms with van der Waals surface area (Å²) in [5.74, 6) is 2.08. The maximum absolute atomic E-state index is 13.2. The second-order valence-electron chi connectivity index (χ2n) is 7.28. The Hall–Kier alpha value is -2.02. The fourth-order valence-electron chi connectivity index (χ4n) is 3.40. The van der Waals surface area contributed by atoms with Gasteiger partial charge < -0.3 is 14.8 Å². The standard InChI is InChI=1S/C22H25N3OS2/c1-24(2)13-9-16-5-7-17(8-6-16)23-21(26)20-18-10-14-27-15-19(18)28-22(20)25-11-3-4-12-25/h3-8,11-12H,9-10,13-15H2,1-2H3,(H,23,26). The summed E-state index contributed by atoms with van der Waals surface area (Å²) in [6.07, 6.45) is 6.00. The van der Waals surface area contributed by atoms with Crippen LogP contribution in [-0.4, -0.2) is 41.8 Å². The highest BCUT2D eigenvalue weighted by molar-refractivity contribution is 7.98. The van der Waals surface area contributed by atoms with Crippen LogP contribution in [0.25, 0.3) is 5.00 Å². The molecule has 146 valence electrons. The molecule has 1 aliphatic rings. The highest BCUT2D eigenvalue weighted by Crippen LogP contribution is 2.38. The van der Waals surface area contributed by atoms with E-state index in [1.54, 1.807) is 11.3 Å². The van der Waals surface area contributed by atoms with Crippen LogP contribution in [0.4, 0.5) is 5.69 Å². The SMILES string of the molecule is CN(C)CCc1ccc(NC(=O)c2c(-n3cccc3)sc3c2CCSC3)cc1. The number of benzene rings is 1. The van der Waals surface area contributed by atoms with Crippen LogP contribution in [0.3, 0.4) is 0 Å². The van der Waals surface area contributed by atoms with Crippen molar-refractivity contribution in [2.75, 3.05) is 31.7 Å². The molecule has 3 aromatic rings. The van der Waals surface area contributed by atoms with Crippen LogP contribution < -0.4 is 5.32 Å². The molecule has 0 saturated carbocycles. The van der Waals surface area contributed by atoms with E-state index in [1.807, 2.05) is 48.4 Å². The molecule has 0 fully saturated rings. The van der Waals surface area contributed by atoms with Crippen LogP contribution in [0.15, 0.2) is 48.8 Å². The van der Waals surface area contributed by atoms with E-state index in [2.05, 4.69) is 41.0 Å². The van der Waals surface area contributed by atoms with Gasteiger partial charge in [0.2, 0.25) is 0 Å². The molecule has 1 aromatic carbocycles. The number of aromatic nitrogens is 1. The second-order valence-corrected chi connectivity index (χ2v) is 9.47. The number of thioether (sulfide) groups is 1. The molecular weight excluding hydrogens is 386 g/mol. The van der Waals surface area contributed by atoms with Gasteiger partial charge in [-0.05, 0) is 68.1 Å². The lowest BCUT2D eigenvalue weighted by molar-refractivity contribution is 0.102. The Morgan fingerprint density at radius 3 is 2.64 bits per heavy atom. The number of hydrogen-bond donors (Lipinski definition) is 1. The van der Waals surface area contributed by atoms with Gasteiger partial charge in [-0.15, -0.1) is 11.3 Å². The Morgan fingerprint density at radius 1 is 1.18 bits per heavy atom. The topological polar surface area (TPSA) is 37.3 Å². The first-order valence-electron chi connectivity index (χ1n) is 9.52. The Labute approximate surface area is 174 Å². The number of amides is 1. The molecule has 0 aliphatic carbocycles. The third kappa shape index (κ3) is 4.19. The van der Waals surface area contributed by atoms with Gasteiger partial charge in [0.15, 0.2) is 0 Å². The van der Waals surface area contributed by atoms with E-state index in [0.717, 1.165) is 47.1 Å². The summed E-state index contributed by atoms with van der Waals surface area (Å²) < 4.78 is 2.06. The Balaban J connectivity index is 1.57. The molecule has 1 N–H and O–H groups in total. The zero-order valence-electron chi connectivity index (χ0n) is 16.3. The van der Waals surface area contributed by atoms with Crippen molar-refractivity contribution in [3.63, 3.8) is 0 Å². The van der Waals surface area contributed by atoms with Gasteiger partial charge in [0.1, 0.15) is 5.00 Å². The molecule has 4 rings (SSSR count). The van der Waals surface area contributed by atoms with Crippen molar-refractivity contribution in [3.05, 3.63) is 70.4 Å². The van der Waals surface area contributed by atoms with E-state index in [-0.39, 0.29) is 5.91 Å². The molecule has 0 radical (unpaired) electrons. The smallest absolute Gasteiger partial charge is 0.258 e. The van der Waals surface area contributed by atoms with Crippen molar-refractivity contribution >= 4 is 34.7 Å². The predicted octanol–water partition coefficient (Wildman–Crippen LogP) is 4.68. The van der Waals surface area contributed by atoms with E-state index in [9.17, 15) is 4.79 Å². The van der Waals surface area contributed by atoms with Crippen molar-refractivity contribution in [2.24, 2.45) is 0 Å². The largest absolute Gasteiger partial charge is 0.322 e. The third-order valence-corrected chi connectivity index (χ3v) is 7.34. The van der Waals surface area contributed by atoms with Gasteiger partial charge in [0.25, 0.3) is 5.91 Å². The molecular formula is C22H25N3OS2.